The van der Waals surface area contributed by atoms with Crippen LogP contribution >= 0.6 is 15.9 Å². The fourth-order valence-electron chi connectivity index (χ4n) is 1.56. The van der Waals surface area contributed by atoms with Crippen LogP contribution in [0.25, 0.3) is 0 Å². The monoisotopic (exact) mass is 354 g/mol. The minimum absolute atomic E-state index is 0.321. The molecule has 0 radical (unpaired) electrons. The molecule has 1 heterocycles. The van der Waals surface area contributed by atoms with Gasteiger partial charge in [-0.3, -0.25) is 0 Å². The molecule has 0 aliphatic rings. The van der Waals surface area contributed by atoms with Crippen molar-refractivity contribution in [1.82, 2.24) is 15.0 Å². The van der Waals surface area contributed by atoms with Gasteiger partial charge in [0.15, 0.2) is 0 Å². The van der Waals surface area contributed by atoms with Gasteiger partial charge >= 0.3 is 0 Å². The van der Waals surface area contributed by atoms with E-state index >= 15 is 0 Å². The van der Waals surface area contributed by atoms with Crippen molar-refractivity contribution in [3.8, 4) is 0 Å². The maximum absolute atomic E-state index is 13.2. The quantitative estimate of drug-likeness (QED) is 0.860. The maximum atomic E-state index is 13.2. The van der Waals surface area contributed by atoms with Gasteiger partial charge < -0.3 is 15.5 Å². The van der Waals surface area contributed by atoms with Gasteiger partial charge in [0.25, 0.3) is 0 Å². The Morgan fingerprint density at radius 3 is 2.52 bits per heavy atom. The van der Waals surface area contributed by atoms with Crippen LogP contribution in [-0.4, -0.2) is 35.6 Å². The molecule has 0 spiro atoms. The molecule has 0 saturated heterocycles. The summed E-state index contributed by atoms with van der Waals surface area (Å²) in [6.07, 6.45) is 0. The third kappa shape index (κ3) is 4.01. The lowest BCUT2D eigenvalue weighted by Gasteiger charge is -2.14. The molecule has 0 fully saturated rings. The fraction of sp³-hybridized carbons (Fsp3) is 0.308. The minimum Gasteiger partial charge on any atom is -0.354 e. The maximum Gasteiger partial charge on any atom is 0.233 e. The van der Waals surface area contributed by atoms with E-state index in [1.807, 2.05) is 21.0 Å². The lowest BCUT2D eigenvalue weighted by molar-refractivity contribution is 0.621. The molecule has 2 N–H and O–H groups in total. The minimum atomic E-state index is -0.321. The van der Waals surface area contributed by atoms with E-state index in [-0.39, 0.29) is 5.82 Å². The van der Waals surface area contributed by atoms with Gasteiger partial charge in [-0.1, -0.05) is 0 Å². The second-order valence-corrected chi connectivity index (χ2v) is 5.32. The first kappa shape index (κ1) is 15.4. The van der Waals surface area contributed by atoms with Gasteiger partial charge in [-0.25, -0.2) is 4.39 Å². The van der Waals surface area contributed by atoms with Gasteiger partial charge in [-0.15, -0.1) is 0 Å². The molecular formula is C13H16BrFN6. The molecule has 21 heavy (non-hydrogen) atoms. The van der Waals surface area contributed by atoms with Crippen molar-refractivity contribution in [3.05, 3.63) is 28.5 Å². The van der Waals surface area contributed by atoms with Crippen LogP contribution < -0.4 is 15.5 Å². The van der Waals surface area contributed by atoms with Crippen LogP contribution in [0.15, 0.2) is 22.7 Å². The van der Waals surface area contributed by atoms with Gasteiger partial charge in [0, 0.05) is 26.3 Å². The van der Waals surface area contributed by atoms with Crippen molar-refractivity contribution in [2.24, 2.45) is 0 Å². The zero-order valence-corrected chi connectivity index (χ0v) is 13.6. The van der Waals surface area contributed by atoms with Gasteiger partial charge in [-0.2, -0.15) is 15.0 Å². The largest absolute Gasteiger partial charge is 0.354 e. The lowest BCUT2D eigenvalue weighted by Crippen LogP contribution is -2.16. The number of nitrogens with zero attached hydrogens (tertiary/aromatic N) is 4. The average molecular weight is 355 g/mol. The molecule has 1 aromatic carbocycles. The summed E-state index contributed by atoms with van der Waals surface area (Å²) in [6, 6.07) is 4.61. The van der Waals surface area contributed by atoms with E-state index in [9.17, 15) is 4.39 Å². The number of halogens is 2. The number of rotatable bonds is 5. The second-order valence-electron chi connectivity index (χ2n) is 4.46. The predicted octanol–water partition coefficient (Wildman–Crippen LogP) is 3.01. The van der Waals surface area contributed by atoms with Crippen LogP contribution in [0.1, 0.15) is 6.92 Å². The third-order valence-corrected chi connectivity index (χ3v) is 3.14. The van der Waals surface area contributed by atoms with Crippen molar-refractivity contribution >= 4 is 39.5 Å². The average Bonchev–Trinajstić information content (AvgIpc) is 2.43. The molecule has 0 aliphatic heterocycles. The van der Waals surface area contributed by atoms with E-state index in [0.29, 0.717) is 34.5 Å². The Labute approximate surface area is 130 Å². The normalized spacial score (nSPS) is 10.3. The Morgan fingerprint density at radius 1 is 1.19 bits per heavy atom. The number of benzene rings is 1. The van der Waals surface area contributed by atoms with Crippen molar-refractivity contribution in [1.29, 1.82) is 0 Å². The van der Waals surface area contributed by atoms with E-state index < -0.39 is 0 Å². The molecule has 0 aliphatic carbocycles. The van der Waals surface area contributed by atoms with Crippen LogP contribution in [-0.2, 0) is 0 Å². The Hall–Kier alpha value is -1.96. The summed E-state index contributed by atoms with van der Waals surface area (Å²) < 4.78 is 13.6. The second kappa shape index (κ2) is 6.66. The Kier molecular flexibility index (Phi) is 4.89. The van der Waals surface area contributed by atoms with Crippen LogP contribution in [0.3, 0.4) is 0 Å². The summed E-state index contributed by atoms with van der Waals surface area (Å²) >= 11 is 3.15. The van der Waals surface area contributed by atoms with E-state index in [2.05, 4.69) is 41.5 Å². The number of nitrogens with one attached hydrogen (secondary N) is 2. The number of hydrogen-bond acceptors (Lipinski definition) is 6. The van der Waals surface area contributed by atoms with E-state index in [1.54, 1.807) is 17.0 Å². The molecule has 8 heteroatoms. The number of hydrogen-bond donors (Lipinski definition) is 2. The predicted molar refractivity (Wildman–Crippen MR) is 85.7 cm³/mol. The first-order valence-electron chi connectivity index (χ1n) is 6.39. The summed E-state index contributed by atoms with van der Waals surface area (Å²) in [7, 11) is 3.70. The zero-order valence-electron chi connectivity index (χ0n) is 12.0. The summed E-state index contributed by atoms with van der Waals surface area (Å²) in [4.78, 5) is 14.6. The van der Waals surface area contributed by atoms with Crippen molar-refractivity contribution in [2.75, 3.05) is 36.2 Å². The molecule has 0 unspecified atom stereocenters. The summed E-state index contributed by atoms with van der Waals surface area (Å²) in [5.41, 5.74) is 0.682. The zero-order chi connectivity index (χ0) is 15.4. The number of anilines is 4. The standard InChI is InChI=1S/C13H16BrFN6/c1-4-16-11-18-12(20-13(19-11)21(2)3)17-8-5-6-10(15)9(14)7-8/h5-7H,4H2,1-3H3,(H2,16,17,18,19,20). The van der Waals surface area contributed by atoms with Crippen molar-refractivity contribution < 1.29 is 4.39 Å². The van der Waals surface area contributed by atoms with Crippen LogP contribution in [0, 0.1) is 5.82 Å². The van der Waals surface area contributed by atoms with Gasteiger partial charge in [0.1, 0.15) is 5.82 Å². The van der Waals surface area contributed by atoms with E-state index in [4.69, 9.17) is 0 Å². The Balaban J connectivity index is 2.31. The van der Waals surface area contributed by atoms with Crippen molar-refractivity contribution in [2.45, 2.75) is 6.92 Å². The molecule has 0 saturated carbocycles. The molecule has 0 atom stereocenters. The SMILES string of the molecule is CCNc1nc(Nc2ccc(F)c(Br)c2)nc(N(C)C)n1. The summed E-state index contributed by atoms with van der Waals surface area (Å²) in [5.74, 6) is 1.09. The van der Waals surface area contributed by atoms with Crippen LogP contribution in [0.2, 0.25) is 0 Å². The smallest absolute Gasteiger partial charge is 0.233 e. The van der Waals surface area contributed by atoms with Crippen LogP contribution in [0.5, 0.6) is 0 Å². The van der Waals surface area contributed by atoms with Gasteiger partial charge in [-0.05, 0) is 41.1 Å². The molecule has 2 rings (SSSR count). The molecular weight excluding hydrogens is 339 g/mol. The summed E-state index contributed by atoms with van der Waals surface area (Å²) in [6.45, 7) is 2.67. The van der Waals surface area contributed by atoms with Crippen molar-refractivity contribution in [3.63, 3.8) is 0 Å². The Bertz CT molecular complexity index is 634. The first-order valence-corrected chi connectivity index (χ1v) is 7.18. The van der Waals surface area contributed by atoms with Crippen LogP contribution in [0.4, 0.5) is 27.9 Å². The molecule has 0 amide bonds. The van der Waals surface area contributed by atoms with E-state index in [1.165, 1.54) is 6.07 Å². The number of aromatic nitrogens is 3. The molecule has 1 aromatic heterocycles. The Morgan fingerprint density at radius 2 is 1.90 bits per heavy atom. The highest BCUT2D eigenvalue weighted by molar-refractivity contribution is 9.10. The highest BCUT2D eigenvalue weighted by atomic mass is 79.9. The highest BCUT2D eigenvalue weighted by Gasteiger charge is 2.09. The topological polar surface area (TPSA) is 66.0 Å². The fourth-order valence-corrected chi connectivity index (χ4v) is 1.94. The molecule has 112 valence electrons. The van der Waals surface area contributed by atoms with Gasteiger partial charge in [0.05, 0.1) is 4.47 Å². The summed E-state index contributed by atoms with van der Waals surface area (Å²) in [5, 5.41) is 6.09. The molecule has 0 bridgehead atoms. The van der Waals surface area contributed by atoms with Gasteiger partial charge in [0.2, 0.25) is 17.8 Å². The lowest BCUT2D eigenvalue weighted by atomic mass is 10.3. The first-order chi connectivity index (χ1) is 9.99. The molecule has 6 nitrogen and oxygen atoms in total. The molecule has 2 aromatic rings. The highest BCUT2D eigenvalue weighted by Crippen LogP contribution is 2.22. The third-order valence-electron chi connectivity index (χ3n) is 2.53. The van der Waals surface area contributed by atoms with E-state index in [0.717, 1.165) is 0 Å².